The van der Waals surface area contributed by atoms with Gasteiger partial charge in [0.05, 0.1) is 19.8 Å². The van der Waals surface area contributed by atoms with E-state index in [1.54, 1.807) is 39.0 Å². The Labute approximate surface area is 203 Å². The molecule has 1 heterocycles. The Morgan fingerprint density at radius 3 is 2.61 bits per heavy atom. The molecule has 0 spiro atoms. The number of hydrogen-bond donors (Lipinski definition) is 0. The van der Waals surface area contributed by atoms with Crippen molar-refractivity contribution in [1.29, 1.82) is 0 Å². The van der Waals surface area contributed by atoms with E-state index >= 15 is 0 Å². The highest BCUT2D eigenvalue weighted by Crippen LogP contribution is 2.35. The predicted molar refractivity (Wildman–Crippen MR) is 126 cm³/mol. The van der Waals surface area contributed by atoms with Gasteiger partial charge in [-0.05, 0) is 44.4 Å². The SMILES string of the molecule is CCOC(=O)/C=C1\CN([C@H](C(=O)OC)c2ccccc2Cl)CCC1SCOC(=O)OC(C)C. The standard InChI is InChI=1S/C23H30ClNO7S/c1-5-30-20(26)12-16-13-25(11-10-19(16)33-14-31-23(28)32-15(2)3)21(22(27)29-4)17-8-6-7-9-18(17)24/h6-9,12,15,19,21H,5,10-11,13-14H2,1-4H3/b16-12+/t19?,21-/m0/s1. The van der Waals surface area contributed by atoms with Crippen LogP contribution in [0.4, 0.5) is 4.79 Å². The number of halogens is 1. The van der Waals surface area contributed by atoms with Crippen LogP contribution in [0.5, 0.6) is 0 Å². The van der Waals surface area contributed by atoms with E-state index in [1.165, 1.54) is 24.9 Å². The molecule has 0 aliphatic carbocycles. The largest absolute Gasteiger partial charge is 0.509 e. The van der Waals surface area contributed by atoms with E-state index in [1.807, 2.05) is 11.0 Å². The Morgan fingerprint density at radius 1 is 1.24 bits per heavy atom. The molecule has 33 heavy (non-hydrogen) atoms. The van der Waals surface area contributed by atoms with Crippen LogP contribution in [-0.4, -0.2) is 67.1 Å². The summed E-state index contributed by atoms with van der Waals surface area (Å²) in [4.78, 5) is 38.5. The predicted octanol–water partition coefficient (Wildman–Crippen LogP) is 4.37. The van der Waals surface area contributed by atoms with E-state index in [-0.39, 0.29) is 23.9 Å². The summed E-state index contributed by atoms with van der Waals surface area (Å²) >= 11 is 7.76. The van der Waals surface area contributed by atoms with Gasteiger partial charge in [-0.1, -0.05) is 29.8 Å². The summed E-state index contributed by atoms with van der Waals surface area (Å²) in [5.41, 5.74) is 1.39. The normalized spacial score (nSPS) is 18.6. The van der Waals surface area contributed by atoms with Crippen molar-refractivity contribution in [3.8, 4) is 0 Å². The van der Waals surface area contributed by atoms with Crippen LogP contribution >= 0.6 is 23.4 Å². The number of rotatable bonds is 9. The summed E-state index contributed by atoms with van der Waals surface area (Å²) < 4.78 is 20.2. The highest BCUT2D eigenvalue weighted by Gasteiger charge is 2.35. The van der Waals surface area contributed by atoms with Gasteiger partial charge in [0, 0.05) is 29.4 Å². The van der Waals surface area contributed by atoms with Gasteiger partial charge < -0.3 is 18.9 Å². The molecule has 1 aliphatic heterocycles. The molecule has 2 rings (SSSR count). The van der Waals surface area contributed by atoms with E-state index in [0.717, 1.165) is 5.57 Å². The Hall–Kier alpha value is -2.23. The summed E-state index contributed by atoms with van der Waals surface area (Å²) in [5.74, 6) is -0.835. The monoisotopic (exact) mass is 499 g/mol. The Balaban J connectivity index is 2.20. The number of hydrogen-bond acceptors (Lipinski definition) is 9. The molecule has 0 amide bonds. The van der Waals surface area contributed by atoms with Crippen molar-refractivity contribution in [2.24, 2.45) is 0 Å². The summed E-state index contributed by atoms with van der Waals surface area (Å²) in [6.45, 7) is 6.31. The lowest BCUT2D eigenvalue weighted by atomic mass is 9.98. The number of carbonyl (C=O) groups excluding carboxylic acids is 3. The molecule has 0 bridgehead atoms. The first-order valence-corrected chi connectivity index (χ1v) is 12.1. The first kappa shape index (κ1) is 27.0. The molecule has 1 aliphatic rings. The van der Waals surface area contributed by atoms with Gasteiger partial charge in [0.15, 0.2) is 0 Å². The average Bonchev–Trinajstić information content (AvgIpc) is 2.76. The number of ether oxygens (including phenoxy) is 4. The van der Waals surface area contributed by atoms with Crippen LogP contribution in [0.2, 0.25) is 5.02 Å². The molecule has 1 fully saturated rings. The van der Waals surface area contributed by atoms with Crippen LogP contribution in [0.3, 0.4) is 0 Å². The minimum atomic E-state index is -0.740. The first-order valence-electron chi connectivity index (χ1n) is 10.6. The van der Waals surface area contributed by atoms with E-state index in [9.17, 15) is 14.4 Å². The summed E-state index contributed by atoms with van der Waals surface area (Å²) in [5, 5.41) is 0.347. The van der Waals surface area contributed by atoms with Gasteiger partial charge >= 0.3 is 18.1 Å². The Bertz CT molecular complexity index is 861. The summed E-state index contributed by atoms with van der Waals surface area (Å²) in [6.07, 6.45) is 1.04. The third kappa shape index (κ3) is 8.24. The molecule has 8 nitrogen and oxygen atoms in total. The van der Waals surface area contributed by atoms with Gasteiger partial charge in [0.2, 0.25) is 0 Å². The van der Waals surface area contributed by atoms with Gasteiger partial charge in [-0.3, -0.25) is 4.90 Å². The van der Waals surface area contributed by atoms with Crippen LogP contribution in [0, 0.1) is 0 Å². The number of likely N-dealkylation sites (tertiary alicyclic amines) is 1. The van der Waals surface area contributed by atoms with Crippen LogP contribution in [-0.2, 0) is 28.5 Å². The maximum Gasteiger partial charge on any atom is 0.509 e. The van der Waals surface area contributed by atoms with Crippen LogP contribution in [0.15, 0.2) is 35.9 Å². The van der Waals surface area contributed by atoms with Crippen molar-refractivity contribution >= 4 is 41.5 Å². The van der Waals surface area contributed by atoms with Crippen molar-refractivity contribution in [3.05, 3.63) is 46.5 Å². The highest BCUT2D eigenvalue weighted by molar-refractivity contribution is 7.99. The molecule has 0 radical (unpaired) electrons. The fourth-order valence-electron chi connectivity index (χ4n) is 3.44. The second-order valence-electron chi connectivity index (χ2n) is 7.51. The number of thioether (sulfide) groups is 1. The van der Waals surface area contributed by atoms with E-state index in [2.05, 4.69) is 0 Å². The molecule has 0 N–H and O–H groups in total. The molecular formula is C23H30ClNO7S. The molecule has 182 valence electrons. The number of piperidine rings is 1. The fourth-order valence-corrected chi connectivity index (χ4v) is 4.64. The minimum absolute atomic E-state index is 0.0708. The Morgan fingerprint density at radius 2 is 1.97 bits per heavy atom. The maximum absolute atomic E-state index is 12.7. The topological polar surface area (TPSA) is 91.4 Å². The van der Waals surface area contributed by atoms with Crippen molar-refractivity contribution in [2.45, 2.75) is 44.6 Å². The van der Waals surface area contributed by atoms with Crippen LogP contribution in [0.1, 0.15) is 38.8 Å². The van der Waals surface area contributed by atoms with Gasteiger partial charge in [-0.15, -0.1) is 11.8 Å². The van der Waals surface area contributed by atoms with Crippen molar-refractivity contribution < 1.29 is 33.3 Å². The number of esters is 2. The Kier molecular flexibility index (Phi) is 11.0. The molecule has 1 aromatic rings. The van der Waals surface area contributed by atoms with Gasteiger partial charge in [-0.25, -0.2) is 14.4 Å². The van der Waals surface area contributed by atoms with Gasteiger partial charge in [-0.2, -0.15) is 0 Å². The van der Waals surface area contributed by atoms with Crippen LogP contribution < -0.4 is 0 Å². The van der Waals surface area contributed by atoms with E-state index < -0.39 is 24.1 Å². The molecule has 2 atom stereocenters. The van der Waals surface area contributed by atoms with Crippen LogP contribution in [0.25, 0.3) is 0 Å². The second-order valence-corrected chi connectivity index (χ2v) is 9.06. The summed E-state index contributed by atoms with van der Waals surface area (Å²) in [7, 11) is 1.33. The molecular weight excluding hydrogens is 470 g/mol. The quantitative estimate of drug-likeness (QED) is 0.212. The van der Waals surface area contributed by atoms with Crippen molar-refractivity contribution in [2.75, 3.05) is 32.7 Å². The smallest absolute Gasteiger partial charge is 0.468 e. The average molecular weight is 500 g/mol. The molecule has 0 aromatic heterocycles. The lowest BCUT2D eigenvalue weighted by Crippen LogP contribution is -2.43. The lowest BCUT2D eigenvalue weighted by molar-refractivity contribution is -0.147. The van der Waals surface area contributed by atoms with Crippen molar-refractivity contribution in [3.63, 3.8) is 0 Å². The van der Waals surface area contributed by atoms with E-state index in [4.69, 9.17) is 30.5 Å². The zero-order chi connectivity index (χ0) is 24.4. The van der Waals surface area contributed by atoms with Gasteiger partial charge in [0.1, 0.15) is 12.0 Å². The van der Waals surface area contributed by atoms with Gasteiger partial charge in [0.25, 0.3) is 0 Å². The lowest BCUT2D eigenvalue weighted by Gasteiger charge is -2.38. The number of carbonyl (C=O) groups is 3. The zero-order valence-electron chi connectivity index (χ0n) is 19.2. The van der Waals surface area contributed by atoms with Crippen molar-refractivity contribution in [1.82, 2.24) is 4.90 Å². The minimum Gasteiger partial charge on any atom is -0.468 e. The molecule has 1 unspecified atom stereocenters. The third-order valence-corrected chi connectivity index (χ3v) is 6.37. The molecule has 1 saturated heterocycles. The maximum atomic E-state index is 12.7. The number of methoxy groups -OCH3 is 1. The highest BCUT2D eigenvalue weighted by atomic mass is 35.5. The first-order chi connectivity index (χ1) is 15.8. The zero-order valence-corrected chi connectivity index (χ0v) is 20.8. The molecule has 0 saturated carbocycles. The second kappa shape index (κ2) is 13.5. The number of nitrogens with zero attached hydrogens (tertiary/aromatic N) is 1. The molecule has 10 heteroatoms. The molecule has 1 aromatic carbocycles. The fraction of sp³-hybridized carbons (Fsp3) is 0.522. The van der Waals surface area contributed by atoms with E-state index in [0.29, 0.717) is 30.1 Å². The summed E-state index contributed by atoms with van der Waals surface area (Å²) in [6, 6.07) is 6.38. The number of benzene rings is 1. The third-order valence-electron chi connectivity index (χ3n) is 4.83.